The van der Waals surface area contributed by atoms with Crippen LogP contribution in [0.5, 0.6) is 0 Å². The molecule has 4 aromatic heterocycles. The van der Waals surface area contributed by atoms with Gasteiger partial charge in [-0.15, -0.1) is 0 Å². The number of hydrogen-bond donors (Lipinski definition) is 0. The predicted molar refractivity (Wildman–Crippen MR) is 343 cm³/mol. The number of rotatable bonds is 8. The van der Waals surface area contributed by atoms with Gasteiger partial charge >= 0.3 is 0 Å². The molecule has 2 aliphatic carbocycles. The van der Waals surface area contributed by atoms with E-state index in [2.05, 4.69) is 276 Å². The third-order valence-corrected chi connectivity index (χ3v) is 17.9. The van der Waals surface area contributed by atoms with E-state index in [1.165, 1.54) is 88.4 Å². The summed E-state index contributed by atoms with van der Waals surface area (Å²) in [5.74, 6) is 1.83. The highest BCUT2D eigenvalue weighted by molar-refractivity contribution is 6.12. The van der Waals surface area contributed by atoms with Gasteiger partial charge in [-0.05, 0) is 122 Å². The lowest BCUT2D eigenvalue weighted by atomic mass is 9.86. The highest BCUT2D eigenvalue weighted by Gasteiger charge is 2.48. The first kappa shape index (κ1) is 47.3. The monoisotopic (exact) mass is 1060 g/mol. The number of benzene rings is 10. The summed E-state index contributed by atoms with van der Waals surface area (Å²) in [6.45, 7) is 0. The van der Waals surface area contributed by atoms with Gasteiger partial charge in [0, 0.05) is 83.7 Å². The molecule has 5 heterocycles. The molecule has 83 heavy (non-hydrogen) atoms. The lowest BCUT2D eigenvalue weighted by molar-refractivity contribution is 0.534. The summed E-state index contributed by atoms with van der Waals surface area (Å²) in [5, 5.41) is 7.39. The zero-order chi connectivity index (χ0) is 54.8. The van der Waals surface area contributed by atoms with Gasteiger partial charge in [0.15, 0.2) is 23.2 Å². The SMILES string of the molecule is C[N+]1(c2ccc(-c3nc(-c4ccccc4)nc(-c4cccc(-n5c6ccccc6c6ccccc65)c4)n3)cc2-n2c3ccccc3c3ccccc32)C2=C(CCC=C2)C2=C1C=C(c1ccc3c(c1)c1ccccc1n3-c1ccccc1)CC2. The minimum Gasteiger partial charge on any atom is -0.309 e. The van der Waals surface area contributed by atoms with Crippen molar-refractivity contribution < 1.29 is 0 Å². The quantitative estimate of drug-likeness (QED) is 0.143. The van der Waals surface area contributed by atoms with Crippen molar-refractivity contribution in [1.29, 1.82) is 0 Å². The third kappa shape index (κ3) is 7.24. The standard InChI is InChI=1S/C76H54N7/c1-83(71-38-19-13-32-61(71)62-42-39-51(48-73(62)83)50-40-43-69-63(46-50)60-31-12-16-35-66(60)80(69)54-24-6-3-7-25-54)72-44-41-53(47-70(72)82-67-36-17-10-29-58(67)59-30-11-18-37-68(59)82)76-78-74(49-21-4-2-5-22-49)77-75(79-76)52-23-20-26-55(45-52)81-64-33-14-8-27-56(64)57-28-9-15-34-65(57)81/h2-12,14-31,33-38,40-41,43-48H,13,32,39,42H2,1H3/q+1. The maximum absolute atomic E-state index is 5.49. The second kappa shape index (κ2) is 18.5. The molecule has 1 aliphatic heterocycles. The maximum atomic E-state index is 5.49. The molecule has 3 aliphatic rings. The van der Waals surface area contributed by atoms with Crippen molar-refractivity contribution >= 4 is 76.7 Å². The van der Waals surface area contributed by atoms with Gasteiger partial charge in [-0.2, -0.15) is 0 Å². The molecule has 0 bridgehead atoms. The van der Waals surface area contributed by atoms with E-state index in [0.717, 1.165) is 75.8 Å². The van der Waals surface area contributed by atoms with Crippen LogP contribution in [-0.4, -0.2) is 35.7 Å². The van der Waals surface area contributed by atoms with E-state index in [1.54, 1.807) is 0 Å². The Morgan fingerprint density at radius 3 is 1.45 bits per heavy atom. The summed E-state index contributed by atoms with van der Waals surface area (Å²) in [7, 11) is 2.44. The lowest BCUT2D eigenvalue weighted by Crippen LogP contribution is -2.41. The topological polar surface area (TPSA) is 53.5 Å². The van der Waals surface area contributed by atoms with Gasteiger partial charge in [-0.3, -0.25) is 0 Å². The van der Waals surface area contributed by atoms with Gasteiger partial charge in [0.05, 0.1) is 40.1 Å². The van der Waals surface area contributed by atoms with Crippen molar-refractivity contribution in [1.82, 2.24) is 33.1 Å². The highest BCUT2D eigenvalue weighted by Crippen LogP contribution is 2.54. The molecule has 0 amide bonds. The summed E-state index contributed by atoms with van der Waals surface area (Å²) in [6, 6.07) is 87.7. The van der Waals surface area contributed by atoms with E-state index in [4.69, 9.17) is 15.0 Å². The molecule has 0 saturated heterocycles. The zero-order valence-electron chi connectivity index (χ0n) is 45.8. The minimum absolute atomic E-state index is 0.518. The molecule has 392 valence electrons. The van der Waals surface area contributed by atoms with Crippen LogP contribution in [0, 0.1) is 0 Å². The fourth-order valence-corrected chi connectivity index (χ4v) is 14.2. The lowest BCUT2D eigenvalue weighted by Gasteiger charge is -2.35. The normalized spacial score (nSPS) is 16.0. The molecular weight excluding hydrogens is 1010 g/mol. The molecule has 0 saturated carbocycles. The van der Waals surface area contributed by atoms with Crippen molar-refractivity contribution in [2.24, 2.45) is 0 Å². The van der Waals surface area contributed by atoms with Gasteiger partial charge in [0.25, 0.3) is 0 Å². The molecular formula is C76H54N7+. The van der Waals surface area contributed by atoms with Crippen LogP contribution in [-0.2, 0) is 0 Å². The van der Waals surface area contributed by atoms with E-state index >= 15 is 0 Å². The molecule has 17 rings (SSSR count). The average Bonchev–Trinajstić information content (AvgIpc) is 2.44. The van der Waals surface area contributed by atoms with E-state index in [9.17, 15) is 0 Å². The predicted octanol–water partition coefficient (Wildman–Crippen LogP) is 18.9. The van der Waals surface area contributed by atoms with Crippen LogP contribution in [0.2, 0.25) is 0 Å². The Morgan fingerprint density at radius 1 is 0.349 bits per heavy atom. The van der Waals surface area contributed by atoms with E-state index in [-0.39, 0.29) is 0 Å². The molecule has 7 nitrogen and oxygen atoms in total. The molecule has 1 unspecified atom stereocenters. The second-order valence-electron chi connectivity index (χ2n) is 22.4. The smallest absolute Gasteiger partial charge is 0.167 e. The molecule has 1 atom stereocenters. The van der Waals surface area contributed by atoms with Crippen molar-refractivity contribution in [3.05, 3.63) is 289 Å². The fraction of sp³-hybridized carbons (Fsp3) is 0.0658. The highest BCUT2D eigenvalue weighted by atomic mass is 15.4. The molecule has 10 aromatic carbocycles. The molecule has 14 aromatic rings. The first-order valence-electron chi connectivity index (χ1n) is 28.9. The number of hydrogen-bond acceptors (Lipinski definition) is 3. The summed E-state index contributed by atoms with van der Waals surface area (Å²) in [5.41, 5.74) is 22.5. The Balaban J connectivity index is 0.868. The van der Waals surface area contributed by atoms with Crippen LogP contribution < -0.4 is 4.48 Å². The van der Waals surface area contributed by atoms with Crippen molar-refractivity contribution in [3.8, 4) is 51.2 Å². The molecule has 7 heteroatoms. The number of fused-ring (bicyclic) bond motifs is 10. The largest absolute Gasteiger partial charge is 0.309 e. The van der Waals surface area contributed by atoms with E-state index in [1.807, 2.05) is 6.07 Å². The van der Waals surface area contributed by atoms with Gasteiger partial charge in [0.2, 0.25) is 0 Å². The Bertz CT molecular complexity index is 5060. The van der Waals surface area contributed by atoms with Crippen molar-refractivity contribution in [3.63, 3.8) is 0 Å². The Labute approximate surface area is 480 Å². The Kier molecular flexibility index (Phi) is 10.6. The van der Waals surface area contributed by atoms with Crippen LogP contribution in [0.1, 0.15) is 31.2 Å². The Morgan fingerprint density at radius 2 is 0.819 bits per heavy atom. The summed E-state index contributed by atoms with van der Waals surface area (Å²) in [4.78, 5) is 16.2. The minimum atomic E-state index is 0.518. The van der Waals surface area contributed by atoms with E-state index < -0.39 is 0 Å². The molecule has 0 radical (unpaired) electrons. The van der Waals surface area contributed by atoms with Gasteiger partial charge in [0.1, 0.15) is 17.1 Å². The summed E-state index contributed by atoms with van der Waals surface area (Å²) >= 11 is 0. The van der Waals surface area contributed by atoms with Gasteiger partial charge < -0.3 is 13.7 Å². The van der Waals surface area contributed by atoms with Crippen LogP contribution >= 0.6 is 0 Å². The number of nitrogens with zero attached hydrogens (tertiary/aromatic N) is 7. The van der Waals surface area contributed by atoms with Crippen molar-refractivity contribution in [2.75, 3.05) is 7.05 Å². The van der Waals surface area contributed by atoms with Crippen molar-refractivity contribution in [2.45, 2.75) is 25.7 Å². The third-order valence-electron chi connectivity index (χ3n) is 17.9. The average molecular weight is 1070 g/mol. The van der Waals surface area contributed by atoms with Crippen LogP contribution in [0.4, 0.5) is 5.69 Å². The fourth-order valence-electron chi connectivity index (χ4n) is 14.2. The molecule has 0 spiro atoms. The zero-order valence-corrected chi connectivity index (χ0v) is 45.8. The van der Waals surface area contributed by atoms with Gasteiger partial charge in [-0.1, -0.05) is 164 Å². The van der Waals surface area contributed by atoms with Crippen LogP contribution in [0.15, 0.2) is 283 Å². The molecule has 0 fully saturated rings. The van der Waals surface area contributed by atoms with Gasteiger partial charge in [-0.25, -0.2) is 19.4 Å². The van der Waals surface area contributed by atoms with E-state index in [0.29, 0.717) is 22.0 Å². The number of likely N-dealkylation sites (N-methyl/N-ethyl adjacent to an activating group) is 1. The van der Waals surface area contributed by atoms with Crippen LogP contribution in [0.3, 0.4) is 0 Å². The number of para-hydroxylation sites is 6. The first-order valence-corrected chi connectivity index (χ1v) is 28.9. The molecule has 0 N–H and O–H groups in total. The van der Waals surface area contributed by atoms with Crippen LogP contribution in [0.25, 0.3) is 122 Å². The summed E-state index contributed by atoms with van der Waals surface area (Å²) in [6.07, 6.45) is 11.4. The number of allylic oxidation sites excluding steroid dienone is 6. The first-order chi connectivity index (χ1) is 41.0. The number of quaternary nitrogens is 1. The second-order valence-corrected chi connectivity index (χ2v) is 22.4. The maximum Gasteiger partial charge on any atom is 0.167 e. The number of aromatic nitrogens is 6. The Hall–Kier alpha value is -10.5. The summed E-state index contributed by atoms with van der Waals surface area (Å²) < 4.78 is 7.78.